The predicted molar refractivity (Wildman–Crippen MR) is 121 cm³/mol. The van der Waals surface area contributed by atoms with E-state index in [1.165, 1.54) is 16.7 Å². The van der Waals surface area contributed by atoms with Crippen LogP contribution in [0.4, 0.5) is 0 Å². The first-order valence-electron chi connectivity index (χ1n) is 9.55. The Morgan fingerprint density at radius 1 is 1.00 bits per heavy atom. The molecule has 0 aliphatic carbocycles. The third-order valence-corrected chi connectivity index (χ3v) is 6.93. The van der Waals surface area contributed by atoms with Crippen LogP contribution in [0.3, 0.4) is 0 Å². The standard InChI is InChI=1S/C24H20ClNO3S/c1-15-6-2-3-7-18(15)16-10-12-17(13-11-16)22(27)26-21(24(28)29)14-30-23(26)19-8-4-5-9-20(19)25/h2-13,21,23H,14H2,1H3,(H,28,29)/t21-,23+/m0/s1. The minimum Gasteiger partial charge on any atom is -0.480 e. The van der Waals surface area contributed by atoms with E-state index in [2.05, 4.69) is 0 Å². The molecule has 152 valence electrons. The second-order valence-electron chi connectivity index (χ2n) is 7.17. The number of benzene rings is 3. The SMILES string of the molecule is Cc1ccccc1-c1ccc(C(=O)N2[C@@H](c3ccccc3Cl)SC[C@H]2C(=O)O)cc1. The molecule has 3 aromatic rings. The molecule has 1 N–H and O–H groups in total. The van der Waals surface area contributed by atoms with Crippen molar-refractivity contribution >= 4 is 35.2 Å². The molecular formula is C24H20ClNO3S. The van der Waals surface area contributed by atoms with Crippen LogP contribution in [0.2, 0.25) is 5.02 Å². The molecule has 0 aromatic heterocycles. The normalized spacial score (nSPS) is 18.4. The molecule has 30 heavy (non-hydrogen) atoms. The van der Waals surface area contributed by atoms with Crippen molar-refractivity contribution in [3.8, 4) is 11.1 Å². The lowest BCUT2D eigenvalue weighted by atomic mass is 9.99. The van der Waals surface area contributed by atoms with Crippen molar-refractivity contribution in [3.05, 3.63) is 94.5 Å². The number of carboxylic acid groups (broad SMARTS) is 1. The Kier molecular flexibility index (Phi) is 5.84. The first-order chi connectivity index (χ1) is 14.5. The van der Waals surface area contributed by atoms with Gasteiger partial charge >= 0.3 is 5.97 Å². The number of hydrogen-bond donors (Lipinski definition) is 1. The van der Waals surface area contributed by atoms with Crippen LogP contribution in [0.1, 0.15) is 26.9 Å². The summed E-state index contributed by atoms with van der Waals surface area (Å²) in [7, 11) is 0. The maximum Gasteiger partial charge on any atom is 0.327 e. The van der Waals surface area contributed by atoms with Crippen molar-refractivity contribution in [2.75, 3.05) is 5.75 Å². The van der Waals surface area contributed by atoms with Crippen molar-refractivity contribution in [2.24, 2.45) is 0 Å². The lowest BCUT2D eigenvalue weighted by molar-refractivity contribution is -0.141. The van der Waals surface area contributed by atoms with E-state index in [1.54, 1.807) is 18.2 Å². The molecule has 6 heteroatoms. The van der Waals surface area contributed by atoms with Gasteiger partial charge in [-0.25, -0.2) is 4.79 Å². The van der Waals surface area contributed by atoms with Crippen LogP contribution in [-0.2, 0) is 4.79 Å². The third kappa shape index (κ3) is 3.83. The summed E-state index contributed by atoms with van der Waals surface area (Å²) in [5.41, 5.74) is 4.47. The van der Waals surface area contributed by atoms with E-state index in [4.69, 9.17) is 11.6 Å². The molecule has 4 rings (SSSR count). The number of thioether (sulfide) groups is 1. The molecule has 1 aliphatic rings. The molecule has 0 spiro atoms. The Balaban J connectivity index is 1.68. The maximum absolute atomic E-state index is 13.4. The van der Waals surface area contributed by atoms with Gasteiger partial charge in [0.2, 0.25) is 0 Å². The van der Waals surface area contributed by atoms with E-state index in [1.807, 2.05) is 61.5 Å². The third-order valence-electron chi connectivity index (χ3n) is 5.28. The van der Waals surface area contributed by atoms with E-state index in [0.717, 1.165) is 22.3 Å². The van der Waals surface area contributed by atoms with Gasteiger partial charge in [-0.05, 0) is 41.8 Å². The van der Waals surface area contributed by atoms with Gasteiger partial charge in [-0.15, -0.1) is 11.8 Å². The smallest absolute Gasteiger partial charge is 0.327 e. The van der Waals surface area contributed by atoms with Crippen LogP contribution in [-0.4, -0.2) is 33.7 Å². The molecule has 0 radical (unpaired) electrons. The minimum absolute atomic E-state index is 0.311. The summed E-state index contributed by atoms with van der Waals surface area (Å²) in [6.07, 6.45) is 0. The Bertz CT molecular complexity index is 1100. The van der Waals surface area contributed by atoms with Gasteiger partial charge in [-0.2, -0.15) is 0 Å². The van der Waals surface area contributed by atoms with Crippen LogP contribution in [0.5, 0.6) is 0 Å². The fourth-order valence-electron chi connectivity index (χ4n) is 3.70. The molecule has 1 fully saturated rings. The van der Waals surface area contributed by atoms with Crippen molar-refractivity contribution in [2.45, 2.75) is 18.3 Å². The number of hydrogen-bond acceptors (Lipinski definition) is 3. The Morgan fingerprint density at radius 2 is 1.67 bits per heavy atom. The van der Waals surface area contributed by atoms with E-state index in [-0.39, 0.29) is 5.91 Å². The highest BCUT2D eigenvalue weighted by atomic mass is 35.5. The second-order valence-corrected chi connectivity index (χ2v) is 8.69. The molecule has 3 aromatic carbocycles. The number of aliphatic carboxylic acids is 1. The van der Waals surface area contributed by atoms with Crippen LogP contribution in [0.25, 0.3) is 11.1 Å². The second kappa shape index (κ2) is 8.54. The van der Waals surface area contributed by atoms with E-state index in [9.17, 15) is 14.7 Å². The maximum atomic E-state index is 13.4. The van der Waals surface area contributed by atoms with Gasteiger partial charge in [0.1, 0.15) is 11.4 Å². The first kappa shape index (κ1) is 20.5. The topological polar surface area (TPSA) is 57.6 Å². The summed E-state index contributed by atoms with van der Waals surface area (Å²) in [6, 6.07) is 21.7. The number of carbonyl (C=O) groups excluding carboxylic acids is 1. The lowest BCUT2D eigenvalue weighted by Gasteiger charge is -2.28. The average molecular weight is 438 g/mol. The monoisotopic (exact) mass is 437 g/mol. The van der Waals surface area contributed by atoms with Crippen LogP contribution < -0.4 is 0 Å². The number of aryl methyl sites for hydroxylation is 1. The first-order valence-corrected chi connectivity index (χ1v) is 11.0. The van der Waals surface area contributed by atoms with Crippen LogP contribution in [0.15, 0.2) is 72.8 Å². The molecule has 1 saturated heterocycles. The number of carbonyl (C=O) groups is 2. The number of halogens is 1. The predicted octanol–water partition coefficient (Wildman–Crippen LogP) is 5.66. The zero-order valence-corrected chi connectivity index (χ0v) is 17.9. The molecule has 1 amide bonds. The largest absolute Gasteiger partial charge is 0.480 e. The highest BCUT2D eigenvalue weighted by Gasteiger charge is 2.43. The molecule has 2 atom stereocenters. The summed E-state index contributed by atoms with van der Waals surface area (Å²) in [5, 5.41) is 9.78. The van der Waals surface area contributed by atoms with Crippen molar-refractivity contribution in [1.29, 1.82) is 0 Å². The summed E-state index contributed by atoms with van der Waals surface area (Å²) >= 11 is 7.77. The van der Waals surface area contributed by atoms with Gasteiger partial charge in [0.15, 0.2) is 0 Å². The molecule has 1 heterocycles. The molecular weight excluding hydrogens is 418 g/mol. The van der Waals surface area contributed by atoms with Crippen molar-refractivity contribution in [1.82, 2.24) is 4.90 Å². The van der Waals surface area contributed by atoms with Gasteiger partial charge in [-0.3, -0.25) is 4.79 Å². The number of amides is 1. The average Bonchev–Trinajstić information content (AvgIpc) is 3.19. The highest BCUT2D eigenvalue weighted by molar-refractivity contribution is 7.99. The summed E-state index contributed by atoms with van der Waals surface area (Å²) in [4.78, 5) is 26.7. The fourth-order valence-corrected chi connectivity index (χ4v) is 5.46. The van der Waals surface area contributed by atoms with Gasteiger partial charge < -0.3 is 10.0 Å². The summed E-state index contributed by atoms with van der Waals surface area (Å²) in [5.74, 6) is -1.01. The molecule has 0 unspecified atom stereocenters. The Labute approximate surface area is 184 Å². The highest BCUT2D eigenvalue weighted by Crippen LogP contribution is 2.44. The zero-order valence-electron chi connectivity index (χ0n) is 16.3. The number of carboxylic acids is 1. The van der Waals surface area contributed by atoms with Gasteiger partial charge in [0.25, 0.3) is 5.91 Å². The number of rotatable bonds is 4. The van der Waals surface area contributed by atoms with E-state index in [0.29, 0.717) is 16.3 Å². The van der Waals surface area contributed by atoms with E-state index < -0.39 is 17.4 Å². The van der Waals surface area contributed by atoms with Gasteiger partial charge in [-0.1, -0.05) is 66.2 Å². The van der Waals surface area contributed by atoms with Crippen molar-refractivity contribution in [3.63, 3.8) is 0 Å². The quantitative estimate of drug-likeness (QED) is 0.572. The fraction of sp³-hybridized carbons (Fsp3) is 0.167. The van der Waals surface area contributed by atoms with Crippen molar-refractivity contribution < 1.29 is 14.7 Å². The zero-order chi connectivity index (χ0) is 21.3. The summed E-state index contributed by atoms with van der Waals surface area (Å²) < 4.78 is 0. The molecule has 0 saturated carbocycles. The van der Waals surface area contributed by atoms with E-state index >= 15 is 0 Å². The molecule has 4 nitrogen and oxygen atoms in total. The molecule has 1 aliphatic heterocycles. The molecule has 0 bridgehead atoms. The van der Waals surface area contributed by atoms with Gasteiger partial charge in [0.05, 0.1) is 0 Å². The lowest BCUT2D eigenvalue weighted by Crippen LogP contribution is -2.43. The van der Waals surface area contributed by atoms with Crippen LogP contribution in [0, 0.1) is 6.92 Å². The summed E-state index contributed by atoms with van der Waals surface area (Å²) in [6.45, 7) is 2.04. The van der Waals surface area contributed by atoms with Crippen LogP contribution >= 0.6 is 23.4 Å². The minimum atomic E-state index is -1.01. The Hall–Kier alpha value is -2.76. The number of nitrogens with zero attached hydrogens (tertiary/aromatic N) is 1. The van der Waals surface area contributed by atoms with Gasteiger partial charge in [0, 0.05) is 21.9 Å². The Morgan fingerprint density at radius 3 is 2.33 bits per heavy atom.